The lowest BCUT2D eigenvalue weighted by Gasteiger charge is -2.07. The second-order valence-electron chi connectivity index (χ2n) is 5.56. The van der Waals surface area contributed by atoms with Gasteiger partial charge in [0.15, 0.2) is 5.58 Å². The highest BCUT2D eigenvalue weighted by Crippen LogP contribution is 2.33. The van der Waals surface area contributed by atoms with Crippen LogP contribution in [-0.4, -0.2) is 21.0 Å². The topological polar surface area (TPSA) is 88.2 Å². The summed E-state index contributed by atoms with van der Waals surface area (Å²) >= 11 is 5.96. The van der Waals surface area contributed by atoms with Gasteiger partial charge in [-0.25, -0.2) is 4.98 Å². The molecule has 4 aromatic rings. The Morgan fingerprint density at radius 2 is 2.04 bits per heavy atom. The minimum atomic E-state index is -0.306. The molecule has 0 radical (unpaired) electrons. The molecule has 128 valence electrons. The molecule has 1 amide bonds. The van der Waals surface area contributed by atoms with Crippen molar-refractivity contribution in [2.45, 2.75) is 0 Å². The third kappa shape index (κ3) is 3.10. The fourth-order valence-electron chi connectivity index (χ4n) is 2.50. The van der Waals surface area contributed by atoms with Crippen molar-refractivity contribution in [1.29, 1.82) is 0 Å². The van der Waals surface area contributed by atoms with Crippen LogP contribution in [0.15, 0.2) is 65.3 Å². The van der Waals surface area contributed by atoms with Gasteiger partial charge in [0, 0.05) is 23.1 Å². The van der Waals surface area contributed by atoms with Gasteiger partial charge in [0.05, 0.1) is 11.1 Å². The van der Waals surface area contributed by atoms with E-state index in [4.69, 9.17) is 16.0 Å². The molecular formula is C19H12ClN3O3. The first kappa shape index (κ1) is 16.1. The fraction of sp³-hybridized carbons (Fsp3) is 0. The molecule has 0 bridgehead atoms. The van der Waals surface area contributed by atoms with E-state index in [1.807, 2.05) is 0 Å². The molecule has 0 spiro atoms. The molecule has 2 aromatic heterocycles. The Hall–Kier alpha value is -3.38. The van der Waals surface area contributed by atoms with Gasteiger partial charge in [0.1, 0.15) is 11.3 Å². The average molecular weight is 366 g/mol. The predicted molar refractivity (Wildman–Crippen MR) is 98.3 cm³/mol. The van der Waals surface area contributed by atoms with Crippen molar-refractivity contribution in [2.75, 3.05) is 5.32 Å². The van der Waals surface area contributed by atoms with Crippen LogP contribution in [0, 0.1) is 0 Å². The second-order valence-corrected chi connectivity index (χ2v) is 6.00. The minimum Gasteiger partial charge on any atom is -0.507 e. The molecule has 2 heterocycles. The summed E-state index contributed by atoms with van der Waals surface area (Å²) in [6.07, 6.45) is 3.07. The van der Waals surface area contributed by atoms with Crippen molar-refractivity contribution in [3.05, 3.63) is 71.5 Å². The predicted octanol–water partition coefficient (Wildman–Crippen LogP) is 4.50. The van der Waals surface area contributed by atoms with Crippen LogP contribution < -0.4 is 5.32 Å². The van der Waals surface area contributed by atoms with Crippen molar-refractivity contribution in [3.8, 4) is 17.2 Å². The van der Waals surface area contributed by atoms with Crippen molar-refractivity contribution in [2.24, 2.45) is 0 Å². The molecular weight excluding hydrogens is 354 g/mol. The van der Waals surface area contributed by atoms with Crippen LogP contribution in [0.2, 0.25) is 5.02 Å². The van der Waals surface area contributed by atoms with E-state index in [-0.39, 0.29) is 17.5 Å². The number of nitrogens with zero attached hydrogens (tertiary/aromatic N) is 2. The molecule has 26 heavy (non-hydrogen) atoms. The number of rotatable bonds is 3. The molecule has 0 aliphatic rings. The maximum atomic E-state index is 12.3. The molecule has 4 rings (SSSR count). The standard InChI is InChI=1S/C19H12ClN3O3/c20-12-3-6-17-15(8-12)23-19(26-17)14-9-13(4-5-16(14)24)22-18(25)11-2-1-7-21-10-11/h1-10,24H,(H,22,25). The number of hydrogen-bond donors (Lipinski definition) is 2. The van der Waals surface area contributed by atoms with E-state index in [1.165, 1.54) is 12.3 Å². The van der Waals surface area contributed by atoms with E-state index < -0.39 is 0 Å². The summed E-state index contributed by atoms with van der Waals surface area (Å²) in [6.45, 7) is 0. The van der Waals surface area contributed by atoms with Crippen LogP contribution >= 0.6 is 11.6 Å². The number of hydrogen-bond acceptors (Lipinski definition) is 5. The molecule has 0 fully saturated rings. The summed E-state index contributed by atoms with van der Waals surface area (Å²) in [7, 11) is 0. The third-order valence-electron chi connectivity index (χ3n) is 3.76. The second kappa shape index (κ2) is 6.50. The molecule has 2 N–H and O–H groups in total. The lowest BCUT2D eigenvalue weighted by molar-refractivity contribution is 0.102. The van der Waals surface area contributed by atoms with Gasteiger partial charge in [-0.3, -0.25) is 9.78 Å². The zero-order valence-electron chi connectivity index (χ0n) is 13.3. The summed E-state index contributed by atoms with van der Waals surface area (Å²) in [5.41, 5.74) is 2.41. The number of anilines is 1. The largest absolute Gasteiger partial charge is 0.507 e. The number of carbonyl (C=O) groups excluding carboxylic acids is 1. The third-order valence-corrected chi connectivity index (χ3v) is 3.99. The first-order valence-electron chi connectivity index (χ1n) is 7.71. The lowest BCUT2D eigenvalue weighted by atomic mass is 10.1. The van der Waals surface area contributed by atoms with Crippen LogP contribution in [0.25, 0.3) is 22.6 Å². The summed E-state index contributed by atoms with van der Waals surface area (Å²) < 4.78 is 5.68. The molecule has 0 saturated heterocycles. The van der Waals surface area contributed by atoms with Gasteiger partial charge in [-0.05, 0) is 48.5 Å². The minimum absolute atomic E-state index is 0.0120. The van der Waals surface area contributed by atoms with Crippen LogP contribution in [0.3, 0.4) is 0 Å². The lowest BCUT2D eigenvalue weighted by Crippen LogP contribution is -2.11. The molecule has 0 atom stereocenters. The molecule has 0 aliphatic heterocycles. The first-order valence-corrected chi connectivity index (χ1v) is 8.09. The number of fused-ring (bicyclic) bond motifs is 1. The number of pyridine rings is 1. The Balaban J connectivity index is 1.68. The number of benzene rings is 2. The molecule has 0 unspecified atom stereocenters. The number of nitrogens with one attached hydrogen (secondary N) is 1. The maximum Gasteiger partial charge on any atom is 0.257 e. The highest BCUT2D eigenvalue weighted by Gasteiger charge is 2.15. The normalized spacial score (nSPS) is 10.8. The molecule has 0 saturated carbocycles. The van der Waals surface area contributed by atoms with E-state index >= 15 is 0 Å². The number of aromatic hydroxyl groups is 1. The van der Waals surface area contributed by atoms with Crippen LogP contribution in [0.5, 0.6) is 5.75 Å². The summed E-state index contributed by atoms with van der Waals surface area (Å²) in [5, 5.41) is 13.5. The van der Waals surface area contributed by atoms with Gasteiger partial charge in [-0.1, -0.05) is 11.6 Å². The number of carbonyl (C=O) groups is 1. The Morgan fingerprint density at radius 3 is 2.85 bits per heavy atom. The van der Waals surface area contributed by atoms with Gasteiger partial charge in [-0.15, -0.1) is 0 Å². The van der Waals surface area contributed by atoms with Crippen LogP contribution in [0.4, 0.5) is 5.69 Å². The quantitative estimate of drug-likeness (QED) is 0.522. The van der Waals surface area contributed by atoms with Gasteiger partial charge in [0.2, 0.25) is 5.89 Å². The van der Waals surface area contributed by atoms with Gasteiger partial charge >= 0.3 is 0 Å². The number of halogens is 1. The van der Waals surface area contributed by atoms with Crippen molar-refractivity contribution in [1.82, 2.24) is 9.97 Å². The number of amides is 1. The molecule has 0 aliphatic carbocycles. The first-order chi connectivity index (χ1) is 12.6. The highest BCUT2D eigenvalue weighted by atomic mass is 35.5. The van der Waals surface area contributed by atoms with Gasteiger partial charge < -0.3 is 14.8 Å². The van der Waals surface area contributed by atoms with Crippen LogP contribution in [0.1, 0.15) is 10.4 Å². The zero-order chi connectivity index (χ0) is 18.1. The Labute approximate surface area is 153 Å². The fourth-order valence-corrected chi connectivity index (χ4v) is 2.67. The SMILES string of the molecule is O=C(Nc1ccc(O)c(-c2nc3cc(Cl)ccc3o2)c1)c1cccnc1. The van der Waals surface area contributed by atoms with Gasteiger partial charge in [-0.2, -0.15) is 0 Å². The van der Waals surface area contributed by atoms with E-state index in [1.54, 1.807) is 48.7 Å². The molecule has 2 aromatic carbocycles. The van der Waals surface area contributed by atoms with Crippen molar-refractivity contribution >= 4 is 34.3 Å². The van der Waals surface area contributed by atoms with E-state index in [0.717, 1.165) is 0 Å². The van der Waals surface area contributed by atoms with Crippen molar-refractivity contribution in [3.63, 3.8) is 0 Å². The smallest absolute Gasteiger partial charge is 0.257 e. The molecule has 6 nitrogen and oxygen atoms in total. The monoisotopic (exact) mass is 365 g/mol. The highest BCUT2D eigenvalue weighted by molar-refractivity contribution is 6.31. The molecule has 7 heteroatoms. The summed E-state index contributed by atoms with van der Waals surface area (Å²) in [4.78, 5) is 20.5. The Morgan fingerprint density at radius 1 is 1.15 bits per heavy atom. The Bertz CT molecular complexity index is 1110. The summed E-state index contributed by atoms with van der Waals surface area (Å²) in [6, 6.07) is 13.1. The van der Waals surface area contributed by atoms with E-state index in [0.29, 0.717) is 32.9 Å². The van der Waals surface area contributed by atoms with Crippen LogP contribution in [-0.2, 0) is 0 Å². The summed E-state index contributed by atoms with van der Waals surface area (Å²) in [5.74, 6) is -0.0849. The van der Waals surface area contributed by atoms with E-state index in [2.05, 4.69) is 15.3 Å². The Kier molecular flexibility index (Phi) is 4.02. The van der Waals surface area contributed by atoms with E-state index in [9.17, 15) is 9.90 Å². The number of phenols is 1. The maximum absolute atomic E-state index is 12.3. The average Bonchev–Trinajstić information content (AvgIpc) is 3.07. The zero-order valence-corrected chi connectivity index (χ0v) is 14.1. The van der Waals surface area contributed by atoms with Gasteiger partial charge in [0.25, 0.3) is 5.91 Å². The number of aromatic nitrogens is 2. The number of oxazole rings is 1. The number of phenolic OH excluding ortho intramolecular Hbond substituents is 1. The van der Waals surface area contributed by atoms with Crippen molar-refractivity contribution < 1.29 is 14.3 Å².